The topological polar surface area (TPSA) is 67.6 Å². The number of nitrogens with zero attached hydrogens (tertiary/aromatic N) is 2. The molecule has 1 N–H and O–H groups in total. The summed E-state index contributed by atoms with van der Waals surface area (Å²) in [5.74, 6) is 1.15. The van der Waals surface area contributed by atoms with Crippen molar-refractivity contribution in [2.45, 2.75) is 13.0 Å². The number of hydrogen-bond donors (Lipinski definition) is 1. The number of nitrogens with one attached hydrogen (secondary N) is 1. The molecule has 28 heavy (non-hydrogen) atoms. The molecule has 6 heteroatoms. The lowest BCUT2D eigenvalue weighted by Gasteiger charge is -2.25. The lowest BCUT2D eigenvalue weighted by Crippen LogP contribution is -2.34. The van der Waals surface area contributed by atoms with Gasteiger partial charge in [-0.1, -0.05) is 47.6 Å². The van der Waals surface area contributed by atoms with Crippen molar-refractivity contribution in [1.82, 2.24) is 15.4 Å². The van der Waals surface area contributed by atoms with Crippen LogP contribution in [0.4, 0.5) is 0 Å². The van der Waals surface area contributed by atoms with Crippen molar-refractivity contribution in [1.29, 1.82) is 0 Å². The van der Waals surface area contributed by atoms with Gasteiger partial charge in [0.05, 0.1) is 12.6 Å². The van der Waals surface area contributed by atoms with Crippen molar-refractivity contribution in [3.05, 3.63) is 71.9 Å². The van der Waals surface area contributed by atoms with Crippen molar-refractivity contribution in [2.75, 3.05) is 27.2 Å². The quantitative estimate of drug-likeness (QED) is 0.645. The molecule has 0 radical (unpaired) electrons. The first-order valence-corrected chi connectivity index (χ1v) is 9.28. The maximum absolute atomic E-state index is 12.5. The van der Waals surface area contributed by atoms with Gasteiger partial charge in [-0.15, -0.1) is 0 Å². The smallest absolute Gasteiger partial charge is 0.273 e. The van der Waals surface area contributed by atoms with E-state index < -0.39 is 0 Å². The Labute approximate surface area is 165 Å². The molecular weight excluding hydrogens is 354 g/mol. The van der Waals surface area contributed by atoms with E-state index in [-0.39, 0.29) is 17.6 Å². The largest absolute Gasteiger partial charge is 0.494 e. The zero-order valence-corrected chi connectivity index (χ0v) is 16.4. The van der Waals surface area contributed by atoms with Crippen LogP contribution in [0.5, 0.6) is 5.75 Å². The van der Waals surface area contributed by atoms with E-state index in [1.807, 2.05) is 75.6 Å². The van der Waals surface area contributed by atoms with Gasteiger partial charge in [0.1, 0.15) is 5.75 Å². The molecule has 0 saturated heterocycles. The Kier molecular flexibility index (Phi) is 6.45. The molecule has 3 aromatic rings. The van der Waals surface area contributed by atoms with Gasteiger partial charge < -0.3 is 19.5 Å². The second kappa shape index (κ2) is 9.19. The fourth-order valence-corrected chi connectivity index (χ4v) is 2.95. The van der Waals surface area contributed by atoms with E-state index in [1.165, 1.54) is 0 Å². The minimum Gasteiger partial charge on any atom is -0.494 e. The fourth-order valence-electron chi connectivity index (χ4n) is 2.95. The Morgan fingerprint density at radius 1 is 1.14 bits per heavy atom. The van der Waals surface area contributed by atoms with Gasteiger partial charge >= 0.3 is 0 Å². The van der Waals surface area contributed by atoms with Crippen LogP contribution in [0.25, 0.3) is 11.3 Å². The molecule has 0 aliphatic heterocycles. The predicted octanol–water partition coefficient (Wildman–Crippen LogP) is 3.77. The first-order chi connectivity index (χ1) is 13.6. The van der Waals surface area contributed by atoms with E-state index in [0.29, 0.717) is 18.9 Å². The molecule has 0 aliphatic rings. The minimum absolute atomic E-state index is 0.0279. The summed E-state index contributed by atoms with van der Waals surface area (Å²) in [4.78, 5) is 14.6. The van der Waals surface area contributed by atoms with Gasteiger partial charge in [0.15, 0.2) is 11.5 Å². The van der Waals surface area contributed by atoms with Crippen LogP contribution in [0.15, 0.2) is 65.2 Å². The highest BCUT2D eigenvalue weighted by Gasteiger charge is 2.18. The summed E-state index contributed by atoms with van der Waals surface area (Å²) >= 11 is 0. The molecule has 6 nitrogen and oxygen atoms in total. The summed E-state index contributed by atoms with van der Waals surface area (Å²) in [6, 6.07) is 19.2. The number of rotatable bonds is 8. The van der Waals surface area contributed by atoms with Crippen LogP contribution in [0, 0.1) is 0 Å². The summed E-state index contributed by atoms with van der Waals surface area (Å²) in [5.41, 5.74) is 2.25. The maximum Gasteiger partial charge on any atom is 0.273 e. The van der Waals surface area contributed by atoms with Crippen molar-refractivity contribution in [3.63, 3.8) is 0 Å². The third-order valence-electron chi connectivity index (χ3n) is 4.46. The van der Waals surface area contributed by atoms with E-state index in [9.17, 15) is 4.79 Å². The van der Waals surface area contributed by atoms with E-state index in [2.05, 4.69) is 15.4 Å². The first-order valence-electron chi connectivity index (χ1n) is 9.28. The molecule has 3 rings (SSSR count). The molecule has 1 unspecified atom stereocenters. The highest BCUT2D eigenvalue weighted by Crippen LogP contribution is 2.22. The lowest BCUT2D eigenvalue weighted by molar-refractivity contribution is 0.0933. The average Bonchev–Trinajstić information content (AvgIpc) is 3.20. The van der Waals surface area contributed by atoms with Gasteiger partial charge in [-0.05, 0) is 38.7 Å². The molecule has 0 bridgehead atoms. The Morgan fingerprint density at radius 3 is 2.50 bits per heavy atom. The standard InChI is InChI=1S/C22H25N3O3/c1-4-27-18-12-10-16(11-13-18)20(25(2)3)15-23-22(26)19-14-21(28-24-19)17-8-6-5-7-9-17/h5-14,20H,4,15H2,1-3H3,(H,23,26). The highest BCUT2D eigenvalue weighted by atomic mass is 16.5. The van der Waals surface area contributed by atoms with Gasteiger partial charge in [0.2, 0.25) is 0 Å². The second-order valence-corrected chi connectivity index (χ2v) is 6.63. The van der Waals surface area contributed by atoms with Crippen molar-refractivity contribution in [3.8, 4) is 17.1 Å². The van der Waals surface area contributed by atoms with Gasteiger partial charge in [0, 0.05) is 18.2 Å². The number of carbonyl (C=O) groups is 1. The molecule has 2 aromatic carbocycles. The monoisotopic (exact) mass is 379 g/mol. The summed E-state index contributed by atoms with van der Waals surface area (Å²) in [5, 5.41) is 6.85. The molecule has 0 fully saturated rings. The SMILES string of the molecule is CCOc1ccc(C(CNC(=O)c2cc(-c3ccccc3)on2)N(C)C)cc1. The van der Waals surface area contributed by atoms with E-state index in [4.69, 9.17) is 9.26 Å². The third kappa shape index (κ3) is 4.78. The lowest BCUT2D eigenvalue weighted by atomic mass is 10.1. The van der Waals surface area contributed by atoms with Crippen LogP contribution in [0.1, 0.15) is 29.0 Å². The van der Waals surface area contributed by atoms with Crippen LogP contribution in [-0.2, 0) is 0 Å². The predicted molar refractivity (Wildman–Crippen MR) is 108 cm³/mol. The molecular formula is C22H25N3O3. The molecule has 146 valence electrons. The van der Waals surface area contributed by atoms with Crippen LogP contribution in [0.3, 0.4) is 0 Å². The minimum atomic E-state index is -0.260. The highest BCUT2D eigenvalue weighted by molar-refractivity contribution is 5.93. The maximum atomic E-state index is 12.5. The Morgan fingerprint density at radius 2 is 1.86 bits per heavy atom. The van der Waals surface area contributed by atoms with Crippen molar-refractivity contribution >= 4 is 5.91 Å². The molecule has 1 amide bonds. The van der Waals surface area contributed by atoms with E-state index in [0.717, 1.165) is 16.9 Å². The molecule has 0 spiro atoms. The Hall–Kier alpha value is -3.12. The number of amides is 1. The number of aromatic nitrogens is 1. The van der Waals surface area contributed by atoms with Gasteiger partial charge in [-0.2, -0.15) is 0 Å². The zero-order chi connectivity index (χ0) is 19.9. The average molecular weight is 379 g/mol. The van der Waals surface area contributed by atoms with Crippen LogP contribution in [0.2, 0.25) is 0 Å². The molecule has 0 saturated carbocycles. The van der Waals surface area contributed by atoms with Gasteiger partial charge in [-0.3, -0.25) is 4.79 Å². The number of carbonyl (C=O) groups excluding carboxylic acids is 1. The normalized spacial score (nSPS) is 12.0. The summed E-state index contributed by atoms with van der Waals surface area (Å²) in [6.07, 6.45) is 0. The van der Waals surface area contributed by atoms with Crippen LogP contribution >= 0.6 is 0 Å². The number of benzene rings is 2. The van der Waals surface area contributed by atoms with Gasteiger partial charge in [-0.25, -0.2) is 0 Å². The molecule has 1 heterocycles. The summed E-state index contributed by atoms with van der Waals surface area (Å²) in [7, 11) is 3.97. The van der Waals surface area contributed by atoms with Crippen LogP contribution < -0.4 is 10.1 Å². The number of ether oxygens (including phenoxy) is 1. The fraction of sp³-hybridized carbons (Fsp3) is 0.273. The Bertz CT molecular complexity index is 889. The third-order valence-corrected chi connectivity index (χ3v) is 4.46. The second-order valence-electron chi connectivity index (χ2n) is 6.63. The van der Waals surface area contributed by atoms with Crippen LogP contribution in [-0.4, -0.2) is 43.2 Å². The first kappa shape index (κ1) is 19.6. The number of likely N-dealkylation sites (N-methyl/N-ethyl adjacent to an activating group) is 1. The summed E-state index contributed by atoms with van der Waals surface area (Å²) in [6.45, 7) is 3.04. The number of hydrogen-bond acceptors (Lipinski definition) is 5. The molecule has 1 aromatic heterocycles. The van der Waals surface area contributed by atoms with Crippen molar-refractivity contribution in [2.24, 2.45) is 0 Å². The summed E-state index contributed by atoms with van der Waals surface area (Å²) < 4.78 is 10.8. The molecule has 1 atom stereocenters. The zero-order valence-electron chi connectivity index (χ0n) is 16.4. The molecule has 0 aliphatic carbocycles. The van der Waals surface area contributed by atoms with E-state index >= 15 is 0 Å². The van der Waals surface area contributed by atoms with Gasteiger partial charge in [0.25, 0.3) is 5.91 Å². The van der Waals surface area contributed by atoms with E-state index in [1.54, 1.807) is 6.07 Å². The Balaban J connectivity index is 1.65. The van der Waals surface area contributed by atoms with Crippen molar-refractivity contribution < 1.29 is 14.1 Å².